The minimum atomic E-state index is -4.53. The number of hydrogen-bond acceptors (Lipinski definition) is 2. The molecule has 1 aliphatic rings. The van der Waals surface area contributed by atoms with Crippen molar-refractivity contribution in [1.29, 1.82) is 0 Å². The number of halogens is 3. The topological polar surface area (TPSA) is 32.3 Å². The van der Waals surface area contributed by atoms with Crippen LogP contribution in [-0.2, 0) is 10.2 Å². The zero-order valence-corrected chi connectivity index (χ0v) is 16.2. The van der Waals surface area contributed by atoms with Gasteiger partial charge in [-0.15, -0.1) is 0 Å². The molecule has 2 aromatic carbocycles. The first-order valence-electron chi connectivity index (χ1n) is 8.99. The fourth-order valence-corrected chi connectivity index (χ4v) is 3.82. The van der Waals surface area contributed by atoms with Gasteiger partial charge in [-0.25, -0.2) is 0 Å². The summed E-state index contributed by atoms with van der Waals surface area (Å²) in [5, 5.41) is 2.76. The zero-order chi connectivity index (χ0) is 20.2. The Labute approximate surface area is 157 Å². The fourth-order valence-electron chi connectivity index (χ4n) is 3.82. The number of amides is 1. The van der Waals surface area contributed by atoms with E-state index in [4.69, 9.17) is 0 Å². The molecule has 0 aromatic heterocycles. The molecule has 146 valence electrons. The maximum atomic E-state index is 14.1. The lowest BCUT2D eigenvalue weighted by molar-refractivity contribution is -0.203. The third-order valence-corrected chi connectivity index (χ3v) is 5.09. The average molecular weight is 378 g/mol. The normalized spacial score (nSPS) is 19.3. The van der Waals surface area contributed by atoms with Gasteiger partial charge < -0.3 is 0 Å². The molecule has 1 fully saturated rings. The lowest BCUT2D eigenvalue weighted by Gasteiger charge is -2.38. The molecule has 0 saturated carbocycles. The van der Waals surface area contributed by atoms with Gasteiger partial charge in [0, 0.05) is 12.0 Å². The number of fused-ring (bicyclic) bond motifs is 1. The molecule has 3 nitrogen and oxygen atoms in total. The number of alkyl halides is 3. The number of nitrogens with one attached hydrogen (secondary N) is 1. The van der Waals surface area contributed by atoms with E-state index in [1.165, 1.54) is 6.07 Å². The quantitative estimate of drug-likeness (QED) is 0.773. The van der Waals surface area contributed by atoms with Crippen molar-refractivity contribution in [2.75, 3.05) is 0 Å². The largest absolute Gasteiger partial charge is 0.409 e. The number of benzene rings is 2. The molecular formula is C21H25F3N2O. The van der Waals surface area contributed by atoms with E-state index >= 15 is 0 Å². The molecule has 1 amide bonds. The van der Waals surface area contributed by atoms with Crippen LogP contribution in [0, 0.1) is 0 Å². The number of carbonyl (C=O) groups excluding carboxylic acids is 1. The van der Waals surface area contributed by atoms with Gasteiger partial charge in [0.15, 0.2) is 6.04 Å². The van der Waals surface area contributed by atoms with E-state index in [9.17, 15) is 18.0 Å². The van der Waals surface area contributed by atoms with Crippen LogP contribution in [0.25, 0.3) is 10.8 Å². The lowest BCUT2D eigenvalue weighted by atomic mass is 9.83. The van der Waals surface area contributed by atoms with Gasteiger partial charge in [0.2, 0.25) is 5.91 Å². The highest BCUT2D eigenvalue weighted by molar-refractivity contribution is 5.87. The number of rotatable bonds is 2. The second kappa shape index (κ2) is 6.23. The van der Waals surface area contributed by atoms with Crippen LogP contribution >= 0.6 is 0 Å². The molecule has 1 atom stereocenters. The molecule has 0 aliphatic carbocycles. The third-order valence-electron chi connectivity index (χ3n) is 5.09. The van der Waals surface area contributed by atoms with Gasteiger partial charge in [-0.05, 0) is 47.2 Å². The van der Waals surface area contributed by atoms with Gasteiger partial charge in [-0.1, -0.05) is 51.1 Å². The van der Waals surface area contributed by atoms with E-state index in [1.807, 2.05) is 39.0 Å². The van der Waals surface area contributed by atoms with Crippen molar-refractivity contribution >= 4 is 16.7 Å². The molecule has 1 saturated heterocycles. The van der Waals surface area contributed by atoms with Crippen molar-refractivity contribution < 1.29 is 18.0 Å². The van der Waals surface area contributed by atoms with E-state index in [-0.39, 0.29) is 17.4 Å². The van der Waals surface area contributed by atoms with Gasteiger partial charge in [0.05, 0.1) is 0 Å². The number of hydrogen-bond donors (Lipinski definition) is 1. The molecular weight excluding hydrogens is 353 g/mol. The van der Waals surface area contributed by atoms with Crippen LogP contribution in [0.4, 0.5) is 13.2 Å². The molecule has 1 heterocycles. The minimum Gasteiger partial charge on any atom is -0.287 e. The fraction of sp³-hybridized carbons (Fsp3) is 0.476. The highest BCUT2D eigenvalue weighted by atomic mass is 19.4. The second-order valence-electron chi connectivity index (χ2n) is 8.87. The summed E-state index contributed by atoms with van der Waals surface area (Å²) in [7, 11) is 0. The molecule has 2 aromatic rings. The van der Waals surface area contributed by atoms with E-state index in [2.05, 4.69) is 5.43 Å². The monoisotopic (exact) mass is 378 g/mol. The summed E-state index contributed by atoms with van der Waals surface area (Å²) >= 11 is 0. The summed E-state index contributed by atoms with van der Waals surface area (Å²) in [5.74, 6) is -0.398. The number of carbonyl (C=O) groups is 1. The van der Waals surface area contributed by atoms with Gasteiger partial charge in [0.25, 0.3) is 0 Å². The Morgan fingerprint density at radius 2 is 1.78 bits per heavy atom. The van der Waals surface area contributed by atoms with Crippen LogP contribution < -0.4 is 5.43 Å². The number of nitrogens with zero attached hydrogens (tertiary/aromatic N) is 1. The molecule has 27 heavy (non-hydrogen) atoms. The lowest BCUT2D eigenvalue weighted by Crippen LogP contribution is -2.51. The van der Waals surface area contributed by atoms with Gasteiger partial charge >= 0.3 is 6.18 Å². The Balaban J connectivity index is 2.19. The van der Waals surface area contributed by atoms with Crippen molar-refractivity contribution in [3.8, 4) is 0 Å². The Morgan fingerprint density at radius 3 is 2.30 bits per heavy atom. The van der Waals surface area contributed by atoms with E-state index in [0.29, 0.717) is 0 Å². The average Bonchev–Trinajstić information content (AvgIpc) is 2.76. The smallest absolute Gasteiger partial charge is 0.287 e. The Hall–Kier alpha value is -2.08. The summed E-state index contributed by atoms with van der Waals surface area (Å²) < 4.78 is 42.2. The van der Waals surface area contributed by atoms with Crippen molar-refractivity contribution in [2.24, 2.45) is 0 Å². The summed E-state index contributed by atoms with van der Waals surface area (Å²) in [5.41, 5.74) is 2.40. The van der Waals surface area contributed by atoms with Crippen LogP contribution in [0.1, 0.15) is 58.2 Å². The van der Waals surface area contributed by atoms with Crippen molar-refractivity contribution in [1.82, 2.24) is 10.4 Å². The zero-order valence-electron chi connectivity index (χ0n) is 16.2. The molecule has 0 spiro atoms. The van der Waals surface area contributed by atoms with Gasteiger partial charge in [0.1, 0.15) is 0 Å². The Kier molecular flexibility index (Phi) is 4.54. The van der Waals surface area contributed by atoms with Gasteiger partial charge in [-0.3, -0.25) is 10.2 Å². The van der Waals surface area contributed by atoms with Crippen LogP contribution in [0.3, 0.4) is 0 Å². The highest BCUT2D eigenvalue weighted by Crippen LogP contribution is 2.44. The van der Waals surface area contributed by atoms with Crippen molar-refractivity contribution in [2.45, 2.75) is 64.2 Å². The minimum absolute atomic E-state index is 0.0282. The molecule has 0 bridgehead atoms. The Bertz CT molecular complexity index is 881. The molecule has 6 heteroatoms. The maximum Gasteiger partial charge on any atom is 0.409 e. The SMILES string of the molecule is CC(C)(C)c1cccc2ccc(C(N3NC(=O)CC3(C)C)C(F)(F)F)cc12. The summed E-state index contributed by atoms with van der Waals surface area (Å²) in [4.78, 5) is 11.8. The maximum absolute atomic E-state index is 14.1. The van der Waals surface area contributed by atoms with Crippen LogP contribution in [0.2, 0.25) is 0 Å². The molecule has 1 unspecified atom stereocenters. The van der Waals surface area contributed by atoms with Crippen LogP contribution in [0.15, 0.2) is 36.4 Å². The van der Waals surface area contributed by atoms with E-state index in [0.717, 1.165) is 21.3 Å². The first-order chi connectivity index (χ1) is 12.3. The first kappa shape index (κ1) is 19.7. The highest BCUT2D eigenvalue weighted by Gasteiger charge is 2.53. The standard InChI is InChI=1S/C21H25F3N2O/c1-19(2,3)16-8-6-7-13-9-10-14(11-15(13)16)18(21(22,23)24)26-20(4,5)12-17(27)25-26/h6-11,18H,12H2,1-5H3,(H,25,27). The molecule has 1 N–H and O–H groups in total. The molecule has 0 radical (unpaired) electrons. The molecule has 3 rings (SSSR count). The summed E-state index contributed by atoms with van der Waals surface area (Å²) in [6.07, 6.45) is -4.50. The number of hydrazine groups is 1. The van der Waals surface area contributed by atoms with Crippen LogP contribution in [0.5, 0.6) is 0 Å². The second-order valence-corrected chi connectivity index (χ2v) is 8.87. The predicted molar refractivity (Wildman–Crippen MR) is 100 cm³/mol. The van der Waals surface area contributed by atoms with Crippen LogP contribution in [-0.4, -0.2) is 22.6 Å². The predicted octanol–water partition coefficient (Wildman–Crippen LogP) is 5.26. The first-order valence-corrected chi connectivity index (χ1v) is 8.99. The molecule has 1 aliphatic heterocycles. The summed E-state index contributed by atoms with van der Waals surface area (Å²) in [6.45, 7) is 9.41. The Morgan fingerprint density at radius 1 is 1.11 bits per heavy atom. The summed E-state index contributed by atoms with van der Waals surface area (Å²) in [6, 6.07) is 8.73. The van der Waals surface area contributed by atoms with E-state index < -0.39 is 23.7 Å². The third kappa shape index (κ3) is 3.68. The van der Waals surface area contributed by atoms with Gasteiger partial charge in [-0.2, -0.15) is 18.2 Å². The van der Waals surface area contributed by atoms with Crippen molar-refractivity contribution in [3.05, 3.63) is 47.5 Å². The van der Waals surface area contributed by atoms with E-state index in [1.54, 1.807) is 26.0 Å². The van der Waals surface area contributed by atoms with Crippen molar-refractivity contribution in [3.63, 3.8) is 0 Å².